The van der Waals surface area contributed by atoms with E-state index in [0.29, 0.717) is 17.9 Å². The molecule has 0 bridgehead atoms. The summed E-state index contributed by atoms with van der Waals surface area (Å²) in [4.78, 5) is 0. The number of sulfonamides is 1. The van der Waals surface area contributed by atoms with Gasteiger partial charge in [0.15, 0.2) is 0 Å². The summed E-state index contributed by atoms with van der Waals surface area (Å²) in [5.41, 5.74) is 1.31. The van der Waals surface area contributed by atoms with Gasteiger partial charge in [-0.15, -0.1) is 0 Å². The lowest BCUT2D eigenvalue weighted by atomic mass is 10.3. The van der Waals surface area contributed by atoms with Crippen LogP contribution in [0.4, 0.5) is 0 Å². The lowest BCUT2D eigenvalue weighted by Crippen LogP contribution is -2.14. The maximum atomic E-state index is 11.0. The lowest BCUT2D eigenvalue weighted by molar-refractivity contribution is 0.157. The number of methoxy groups -OCH3 is 1. The monoisotopic (exact) mass is 247 g/mol. The first-order valence-electron chi connectivity index (χ1n) is 4.87. The lowest BCUT2D eigenvalue weighted by Gasteiger charge is -2.09. The first-order valence-corrected chi connectivity index (χ1v) is 6.59. The largest absolute Gasteiger partial charge is 0.382 e. The predicted molar refractivity (Wildman–Crippen MR) is 60.4 cm³/mol. The maximum absolute atomic E-state index is 11.0. The Labute approximate surface area is 95.4 Å². The number of nitrogens with zero attached hydrogens (tertiary/aromatic N) is 2. The van der Waals surface area contributed by atoms with E-state index in [2.05, 4.69) is 5.10 Å². The van der Waals surface area contributed by atoms with Crippen molar-refractivity contribution in [3.05, 3.63) is 17.5 Å². The zero-order valence-electron chi connectivity index (χ0n) is 9.67. The minimum absolute atomic E-state index is 0.0675. The van der Waals surface area contributed by atoms with Crippen LogP contribution in [-0.2, 0) is 20.5 Å². The summed E-state index contributed by atoms with van der Waals surface area (Å²) >= 11 is 0. The van der Waals surface area contributed by atoms with Crippen LogP contribution in [0.5, 0.6) is 0 Å². The Morgan fingerprint density at radius 1 is 1.62 bits per heavy atom. The maximum Gasteiger partial charge on any atom is 0.213 e. The van der Waals surface area contributed by atoms with Gasteiger partial charge in [-0.3, -0.25) is 4.68 Å². The topological polar surface area (TPSA) is 87.2 Å². The molecule has 1 heterocycles. The zero-order chi connectivity index (χ0) is 12.3. The molecule has 0 aromatic carbocycles. The molecule has 0 amide bonds. The van der Waals surface area contributed by atoms with E-state index in [-0.39, 0.29) is 11.8 Å². The Morgan fingerprint density at radius 3 is 2.75 bits per heavy atom. The first kappa shape index (κ1) is 13.1. The number of ether oxygens (including phenoxy) is 1. The minimum Gasteiger partial charge on any atom is -0.382 e. The Morgan fingerprint density at radius 2 is 2.25 bits per heavy atom. The van der Waals surface area contributed by atoms with Crippen LogP contribution in [0.3, 0.4) is 0 Å². The van der Waals surface area contributed by atoms with Crippen LogP contribution >= 0.6 is 0 Å². The first-order chi connectivity index (χ1) is 7.33. The molecule has 0 aliphatic carbocycles. The Bertz CT molecular complexity index is 453. The van der Waals surface area contributed by atoms with E-state index in [9.17, 15) is 8.42 Å². The van der Waals surface area contributed by atoms with Gasteiger partial charge in [0.2, 0.25) is 10.0 Å². The second-order valence-corrected chi connectivity index (χ2v) is 5.45. The molecule has 1 aromatic heterocycles. The summed E-state index contributed by atoms with van der Waals surface area (Å²) in [6.07, 6.45) is 1.70. The second-order valence-electron chi connectivity index (χ2n) is 3.83. The molecule has 0 spiro atoms. The molecule has 0 radical (unpaired) electrons. The molecule has 1 unspecified atom stereocenters. The van der Waals surface area contributed by atoms with E-state index in [1.165, 1.54) is 0 Å². The summed E-state index contributed by atoms with van der Waals surface area (Å²) < 4.78 is 28.6. The standard InChI is InChI=1S/C9H17N3O3S/c1-7(5-15-3)12-4-9(8(2)11-12)6-16(10,13)14/h4,7H,5-6H2,1-3H3,(H2,10,13,14). The molecule has 0 aliphatic heterocycles. The van der Waals surface area contributed by atoms with Gasteiger partial charge >= 0.3 is 0 Å². The molecular weight excluding hydrogens is 230 g/mol. The molecule has 7 heteroatoms. The van der Waals surface area contributed by atoms with Gasteiger partial charge in [0.05, 0.1) is 24.1 Å². The van der Waals surface area contributed by atoms with Gasteiger partial charge in [-0.25, -0.2) is 13.6 Å². The van der Waals surface area contributed by atoms with Crippen LogP contribution in [-0.4, -0.2) is 31.9 Å². The van der Waals surface area contributed by atoms with E-state index in [1.807, 2.05) is 6.92 Å². The third-order valence-corrected chi connectivity index (χ3v) is 2.95. The van der Waals surface area contributed by atoms with Crippen molar-refractivity contribution in [3.63, 3.8) is 0 Å². The van der Waals surface area contributed by atoms with Crippen LogP contribution < -0.4 is 5.14 Å². The van der Waals surface area contributed by atoms with Gasteiger partial charge in [-0.1, -0.05) is 0 Å². The Kier molecular flexibility index (Phi) is 4.06. The fraction of sp³-hybridized carbons (Fsp3) is 0.667. The van der Waals surface area contributed by atoms with Gasteiger partial charge < -0.3 is 4.74 Å². The second kappa shape index (κ2) is 4.94. The van der Waals surface area contributed by atoms with Crippen LogP contribution in [0.2, 0.25) is 0 Å². The summed E-state index contributed by atoms with van der Waals surface area (Å²) in [6.45, 7) is 4.23. The molecule has 1 aromatic rings. The van der Waals surface area contributed by atoms with Gasteiger partial charge in [0.1, 0.15) is 0 Å². The van der Waals surface area contributed by atoms with E-state index < -0.39 is 10.0 Å². The van der Waals surface area contributed by atoms with Crippen molar-refractivity contribution in [1.82, 2.24) is 9.78 Å². The Balaban J connectivity index is 2.89. The van der Waals surface area contributed by atoms with Crippen LogP contribution in [0, 0.1) is 6.92 Å². The highest BCUT2D eigenvalue weighted by atomic mass is 32.2. The molecule has 1 rings (SSSR count). The van der Waals surface area contributed by atoms with E-state index >= 15 is 0 Å². The molecule has 2 N–H and O–H groups in total. The minimum atomic E-state index is -3.51. The zero-order valence-corrected chi connectivity index (χ0v) is 10.5. The molecule has 0 saturated heterocycles. The average Bonchev–Trinajstić information content (AvgIpc) is 2.45. The number of aromatic nitrogens is 2. The summed E-state index contributed by atoms with van der Waals surface area (Å²) in [5, 5.41) is 9.22. The third-order valence-electron chi connectivity index (χ3n) is 2.23. The molecule has 0 aliphatic rings. The van der Waals surface area contributed by atoms with Crippen molar-refractivity contribution >= 4 is 10.0 Å². The molecule has 1 atom stereocenters. The number of nitrogens with two attached hydrogens (primary N) is 1. The number of primary sulfonamides is 1. The number of hydrogen-bond donors (Lipinski definition) is 1. The molecule has 6 nitrogen and oxygen atoms in total. The smallest absolute Gasteiger partial charge is 0.213 e. The Hall–Kier alpha value is -0.920. The van der Waals surface area contributed by atoms with Crippen LogP contribution in [0.25, 0.3) is 0 Å². The predicted octanol–water partition coefficient (Wildman–Crippen LogP) is 0.187. The van der Waals surface area contributed by atoms with Crippen molar-refractivity contribution in [3.8, 4) is 0 Å². The van der Waals surface area contributed by atoms with Crippen molar-refractivity contribution < 1.29 is 13.2 Å². The number of hydrogen-bond acceptors (Lipinski definition) is 4. The van der Waals surface area contributed by atoms with Crippen LogP contribution in [0.1, 0.15) is 24.2 Å². The third kappa shape index (κ3) is 3.58. The van der Waals surface area contributed by atoms with Crippen molar-refractivity contribution in [2.75, 3.05) is 13.7 Å². The van der Waals surface area contributed by atoms with Crippen LogP contribution in [0.15, 0.2) is 6.20 Å². The van der Waals surface area contributed by atoms with E-state index in [0.717, 1.165) is 0 Å². The summed E-state index contributed by atoms with van der Waals surface area (Å²) in [5.74, 6) is -0.182. The van der Waals surface area contributed by atoms with Gasteiger partial charge in [0, 0.05) is 18.9 Å². The van der Waals surface area contributed by atoms with Crippen molar-refractivity contribution in [1.29, 1.82) is 0 Å². The van der Waals surface area contributed by atoms with Gasteiger partial charge in [0.25, 0.3) is 0 Å². The highest BCUT2D eigenvalue weighted by Crippen LogP contribution is 2.13. The molecule has 16 heavy (non-hydrogen) atoms. The van der Waals surface area contributed by atoms with E-state index in [1.54, 1.807) is 24.9 Å². The number of aryl methyl sites for hydroxylation is 1. The fourth-order valence-electron chi connectivity index (χ4n) is 1.42. The van der Waals surface area contributed by atoms with Gasteiger partial charge in [-0.2, -0.15) is 5.10 Å². The average molecular weight is 247 g/mol. The van der Waals surface area contributed by atoms with Crippen molar-refractivity contribution in [2.45, 2.75) is 25.6 Å². The van der Waals surface area contributed by atoms with E-state index in [4.69, 9.17) is 9.88 Å². The van der Waals surface area contributed by atoms with Crippen molar-refractivity contribution in [2.24, 2.45) is 5.14 Å². The number of rotatable bonds is 5. The fourth-order valence-corrected chi connectivity index (χ4v) is 2.14. The SMILES string of the molecule is COCC(C)n1cc(CS(N)(=O)=O)c(C)n1. The normalized spacial score (nSPS) is 14.0. The highest BCUT2D eigenvalue weighted by Gasteiger charge is 2.14. The molecule has 0 saturated carbocycles. The summed E-state index contributed by atoms with van der Waals surface area (Å²) in [6, 6.07) is 0.0675. The quantitative estimate of drug-likeness (QED) is 0.804. The van der Waals surface area contributed by atoms with Gasteiger partial charge in [-0.05, 0) is 13.8 Å². The summed E-state index contributed by atoms with van der Waals surface area (Å²) in [7, 11) is -1.90. The molecule has 0 fully saturated rings. The molecule has 92 valence electrons. The molecular formula is C9H17N3O3S. The highest BCUT2D eigenvalue weighted by molar-refractivity contribution is 7.88.